The highest BCUT2D eigenvalue weighted by Crippen LogP contribution is 2.55. The maximum absolute atomic E-state index is 12.3. The first-order chi connectivity index (χ1) is 23.6. The molecule has 9 heteroatoms. The van der Waals surface area contributed by atoms with Gasteiger partial charge in [0.25, 0.3) is 0 Å². The minimum Gasteiger partial charge on any atom is -0.490 e. The number of carbonyl (C=O) groups excluding carboxylic acids is 1. The average molecular weight is 694 g/mol. The molecule has 2 aromatic carbocycles. The van der Waals surface area contributed by atoms with Crippen molar-refractivity contribution in [1.82, 2.24) is 4.98 Å². The van der Waals surface area contributed by atoms with Crippen LogP contribution in [0.15, 0.2) is 60.9 Å². The second-order valence-corrected chi connectivity index (χ2v) is 14.6. The summed E-state index contributed by atoms with van der Waals surface area (Å²) in [6.07, 6.45) is 8.54. The van der Waals surface area contributed by atoms with E-state index in [9.17, 15) is 25.2 Å². The van der Waals surface area contributed by atoms with Crippen molar-refractivity contribution in [3.8, 4) is 16.9 Å². The summed E-state index contributed by atoms with van der Waals surface area (Å²) in [6.45, 7) is 1.50. The molecule has 2 aliphatic carbocycles. The molecular weight excluding hydrogens is 642 g/mol. The molecule has 0 unspecified atom stereocenters. The van der Waals surface area contributed by atoms with E-state index in [1.165, 1.54) is 22.3 Å². The third kappa shape index (κ3) is 10.1. The summed E-state index contributed by atoms with van der Waals surface area (Å²) in [5.41, 5.74) is 6.19. The van der Waals surface area contributed by atoms with E-state index in [4.69, 9.17) is 21.4 Å². The Labute approximate surface area is 295 Å². The lowest BCUT2D eigenvalue weighted by molar-refractivity contribution is -0.125. The van der Waals surface area contributed by atoms with E-state index < -0.39 is 31.0 Å². The number of carbonyl (C=O) groups is 1. The zero-order chi connectivity index (χ0) is 35.0. The van der Waals surface area contributed by atoms with E-state index >= 15 is 0 Å². The number of Topliss-reactive ketones (excluding diaryl/α,β-unsaturated/α-hetero) is 1. The van der Waals surface area contributed by atoms with Gasteiger partial charge in [0.2, 0.25) is 0 Å². The maximum atomic E-state index is 12.3. The summed E-state index contributed by atoms with van der Waals surface area (Å²) in [6, 6.07) is 16.9. The SMILES string of the molecule is C[C@H](CCCCCC(=O)CC[C@H](O)[C@@H](O)[C@H](O)[C@H](O)CO)c1ccc(Cl)c(CCC2(c3cnccc3-c3ccccc3OC3CC3)CC2)c1. The van der Waals surface area contributed by atoms with Crippen molar-refractivity contribution in [3.05, 3.63) is 82.6 Å². The molecule has 3 aromatic rings. The van der Waals surface area contributed by atoms with E-state index in [2.05, 4.69) is 54.5 Å². The van der Waals surface area contributed by atoms with Gasteiger partial charge >= 0.3 is 0 Å². The molecule has 2 fully saturated rings. The van der Waals surface area contributed by atoms with Gasteiger partial charge in [-0.3, -0.25) is 9.78 Å². The Morgan fingerprint density at radius 2 is 1.69 bits per heavy atom. The number of pyridine rings is 1. The number of nitrogens with zero attached hydrogens (tertiary/aromatic N) is 1. The fourth-order valence-electron chi connectivity index (χ4n) is 6.76. The van der Waals surface area contributed by atoms with E-state index in [0.29, 0.717) is 18.4 Å². The molecule has 8 nitrogen and oxygen atoms in total. The lowest BCUT2D eigenvalue weighted by Gasteiger charge is -2.25. The van der Waals surface area contributed by atoms with E-state index in [1.54, 1.807) is 0 Å². The van der Waals surface area contributed by atoms with Gasteiger partial charge in [-0.1, -0.05) is 61.7 Å². The van der Waals surface area contributed by atoms with Crippen LogP contribution in [-0.4, -0.2) is 73.4 Å². The molecule has 49 heavy (non-hydrogen) atoms. The molecule has 2 saturated carbocycles. The number of ketones is 1. The molecule has 0 radical (unpaired) electrons. The predicted molar refractivity (Wildman–Crippen MR) is 191 cm³/mol. The standard InChI is InChI=1S/C40H52ClNO7/c1-26(7-3-2-4-8-29(44)12-16-35(45)38(47)39(48)36(46)25-43)27-11-15-34(41)28(23-27)17-19-40(20-21-40)33-24-42-22-18-31(33)32-9-5-6-10-37(32)49-30-13-14-30/h5-6,9-11,15,18,22-24,26,30,35-36,38-39,43,45-48H,2-4,7-8,12-14,16-17,19-21,25H2,1H3/t26-,35+,36-,38-,39-/m1/s1. The summed E-state index contributed by atoms with van der Waals surface area (Å²) in [4.78, 5) is 16.9. The Hall–Kier alpha value is -2.85. The molecule has 266 valence electrons. The molecule has 0 spiro atoms. The molecule has 0 amide bonds. The fourth-order valence-corrected chi connectivity index (χ4v) is 6.98. The molecule has 0 bridgehead atoms. The smallest absolute Gasteiger partial charge is 0.133 e. The van der Waals surface area contributed by atoms with Crippen molar-refractivity contribution in [2.24, 2.45) is 0 Å². The highest BCUT2D eigenvalue weighted by Gasteiger charge is 2.45. The van der Waals surface area contributed by atoms with Crippen molar-refractivity contribution in [2.45, 2.75) is 132 Å². The van der Waals surface area contributed by atoms with Crippen LogP contribution in [0.1, 0.15) is 107 Å². The van der Waals surface area contributed by atoms with Crippen LogP contribution in [0.3, 0.4) is 0 Å². The van der Waals surface area contributed by atoms with E-state index in [0.717, 1.165) is 80.5 Å². The normalized spacial score (nSPS) is 18.3. The minimum absolute atomic E-state index is 0.0125. The summed E-state index contributed by atoms with van der Waals surface area (Å²) in [5.74, 6) is 1.29. The van der Waals surface area contributed by atoms with Crippen LogP contribution in [0.25, 0.3) is 11.1 Å². The molecule has 5 N–H and O–H groups in total. The van der Waals surface area contributed by atoms with Crippen LogP contribution >= 0.6 is 11.6 Å². The van der Waals surface area contributed by atoms with Crippen molar-refractivity contribution in [3.63, 3.8) is 0 Å². The molecule has 5 rings (SSSR count). The first-order valence-electron chi connectivity index (χ1n) is 18.0. The summed E-state index contributed by atoms with van der Waals surface area (Å²) in [7, 11) is 0. The van der Waals surface area contributed by atoms with Gasteiger partial charge in [-0.2, -0.15) is 0 Å². The van der Waals surface area contributed by atoms with Crippen LogP contribution in [0.5, 0.6) is 5.75 Å². The predicted octanol–water partition coefficient (Wildman–Crippen LogP) is 6.45. The summed E-state index contributed by atoms with van der Waals surface area (Å²) in [5, 5.41) is 48.9. The molecule has 5 atom stereocenters. The monoisotopic (exact) mass is 693 g/mol. The van der Waals surface area contributed by atoms with Crippen LogP contribution in [0, 0.1) is 0 Å². The van der Waals surface area contributed by atoms with E-state index in [-0.39, 0.29) is 24.0 Å². The highest BCUT2D eigenvalue weighted by atomic mass is 35.5. The maximum Gasteiger partial charge on any atom is 0.133 e. The number of para-hydroxylation sites is 1. The molecule has 0 saturated heterocycles. The van der Waals surface area contributed by atoms with Gasteiger partial charge in [0, 0.05) is 35.8 Å². The minimum atomic E-state index is -1.68. The van der Waals surface area contributed by atoms with Gasteiger partial charge in [-0.05, 0) is 110 Å². The van der Waals surface area contributed by atoms with Gasteiger partial charge in [-0.25, -0.2) is 0 Å². The van der Waals surface area contributed by atoms with Crippen LogP contribution in [-0.2, 0) is 16.6 Å². The Bertz CT molecular complexity index is 1520. The first kappa shape index (κ1) is 37.4. The topological polar surface area (TPSA) is 140 Å². The number of aliphatic hydroxyl groups excluding tert-OH is 5. The molecule has 1 heterocycles. The van der Waals surface area contributed by atoms with Crippen molar-refractivity contribution < 1.29 is 35.1 Å². The summed E-state index contributed by atoms with van der Waals surface area (Å²) < 4.78 is 6.28. The summed E-state index contributed by atoms with van der Waals surface area (Å²) >= 11 is 6.75. The zero-order valence-corrected chi connectivity index (χ0v) is 29.3. The molecular formula is C40H52ClNO7. The highest BCUT2D eigenvalue weighted by molar-refractivity contribution is 6.31. The number of ether oxygens (including phenoxy) is 1. The second-order valence-electron chi connectivity index (χ2n) is 14.2. The number of aromatic nitrogens is 1. The number of aliphatic hydroxyl groups is 5. The number of rotatable bonds is 21. The molecule has 2 aliphatic rings. The van der Waals surface area contributed by atoms with Crippen LogP contribution in [0.4, 0.5) is 0 Å². The van der Waals surface area contributed by atoms with Crippen molar-refractivity contribution in [2.75, 3.05) is 6.61 Å². The van der Waals surface area contributed by atoms with Gasteiger partial charge in [0.1, 0.15) is 29.8 Å². The van der Waals surface area contributed by atoms with Gasteiger partial charge in [0.15, 0.2) is 0 Å². The fraction of sp³-hybridized carbons (Fsp3) is 0.550. The molecule has 0 aliphatic heterocycles. The Balaban J connectivity index is 1.09. The third-order valence-electron chi connectivity index (χ3n) is 10.4. The second kappa shape index (κ2) is 17.4. The van der Waals surface area contributed by atoms with E-state index in [1.807, 2.05) is 18.3 Å². The number of unbranched alkanes of at least 4 members (excludes halogenated alkanes) is 2. The number of hydrogen-bond donors (Lipinski definition) is 5. The van der Waals surface area contributed by atoms with Crippen molar-refractivity contribution in [1.29, 1.82) is 0 Å². The number of aryl methyl sites for hydroxylation is 1. The van der Waals surface area contributed by atoms with Gasteiger partial charge < -0.3 is 30.3 Å². The Kier molecular flexibility index (Phi) is 13.3. The largest absolute Gasteiger partial charge is 0.490 e. The molecule has 1 aromatic heterocycles. The first-order valence-corrected chi connectivity index (χ1v) is 18.3. The van der Waals surface area contributed by atoms with Gasteiger partial charge in [-0.15, -0.1) is 0 Å². The lowest BCUT2D eigenvalue weighted by Crippen LogP contribution is -2.45. The number of benzene rings is 2. The Morgan fingerprint density at radius 1 is 0.939 bits per heavy atom. The lowest BCUT2D eigenvalue weighted by atomic mass is 9.84. The van der Waals surface area contributed by atoms with Gasteiger partial charge in [0.05, 0.1) is 18.8 Å². The Morgan fingerprint density at radius 3 is 2.43 bits per heavy atom. The van der Waals surface area contributed by atoms with Crippen LogP contribution in [0.2, 0.25) is 5.02 Å². The number of hydrogen-bond acceptors (Lipinski definition) is 8. The average Bonchev–Trinajstić information content (AvgIpc) is 4.07. The quantitative estimate of drug-likeness (QED) is 0.0803. The zero-order valence-electron chi connectivity index (χ0n) is 28.5. The third-order valence-corrected chi connectivity index (χ3v) is 10.8. The van der Waals surface area contributed by atoms with Crippen molar-refractivity contribution >= 4 is 17.4 Å². The van der Waals surface area contributed by atoms with Crippen LogP contribution < -0.4 is 4.74 Å². The number of halogens is 1.